The van der Waals surface area contributed by atoms with Gasteiger partial charge in [-0.15, -0.1) is 0 Å². The summed E-state index contributed by atoms with van der Waals surface area (Å²) in [5.41, 5.74) is 9.89. The van der Waals surface area contributed by atoms with Crippen LogP contribution in [0, 0.1) is 6.92 Å². The number of benzene rings is 7. The molecule has 1 atom stereocenters. The second-order valence-corrected chi connectivity index (χ2v) is 16.2. The molecule has 0 spiro atoms. The lowest BCUT2D eigenvalue weighted by atomic mass is 9.64. The van der Waals surface area contributed by atoms with E-state index in [0.717, 1.165) is 36.2 Å². The fourth-order valence-corrected chi connectivity index (χ4v) is 9.60. The number of aliphatic carboxylic acids is 1. The molecule has 0 bridgehead atoms. The Bertz CT molecular complexity index is 2670. The average Bonchev–Trinajstić information content (AvgIpc) is 3.49. The molecule has 0 saturated heterocycles. The molecule has 1 unspecified atom stereocenters. The highest BCUT2D eigenvalue weighted by atomic mass is 16.4. The Morgan fingerprint density at radius 1 is 0.661 bits per heavy atom. The van der Waals surface area contributed by atoms with Gasteiger partial charge in [-0.05, 0) is 106 Å². The summed E-state index contributed by atoms with van der Waals surface area (Å²) < 4.78 is 0. The first kappa shape index (κ1) is 39.1. The Hall–Kier alpha value is -6.71. The topological polar surface area (TPSA) is 40.5 Å². The van der Waals surface area contributed by atoms with E-state index in [4.69, 9.17) is 6.58 Å². The second kappa shape index (κ2) is 17.0. The fraction of sp³-hybridized carbons (Fsp3) is 0.161. The summed E-state index contributed by atoms with van der Waals surface area (Å²) >= 11 is 0. The van der Waals surface area contributed by atoms with E-state index in [1.54, 1.807) is 0 Å². The third-order valence-electron chi connectivity index (χ3n) is 12.3. The number of rotatable bonds is 14. The summed E-state index contributed by atoms with van der Waals surface area (Å²) in [6.07, 6.45) is 13.1. The lowest BCUT2D eigenvalue weighted by molar-refractivity contribution is -0.136. The monoisotopic (exact) mass is 769 g/mol. The molecule has 3 nitrogen and oxygen atoms in total. The summed E-state index contributed by atoms with van der Waals surface area (Å²) in [6.45, 7) is 9.83. The van der Waals surface area contributed by atoms with E-state index in [9.17, 15) is 9.90 Å². The molecule has 7 aromatic rings. The number of carbonyl (C=O) groups is 1. The third-order valence-corrected chi connectivity index (χ3v) is 12.3. The minimum atomic E-state index is -0.809. The molecule has 7 aromatic carbocycles. The number of aryl methyl sites for hydroxylation is 1. The zero-order valence-electron chi connectivity index (χ0n) is 34.0. The van der Waals surface area contributed by atoms with Crippen molar-refractivity contribution in [3.05, 3.63) is 245 Å². The second-order valence-electron chi connectivity index (χ2n) is 16.2. The first-order chi connectivity index (χ1) is 28.8. The van der Waals surface area contributed by atoms with Crippen molar-refractivity contribution in [3.63, 3.8) is 0 Å². The van der Waals surface area contributed by atoms with Crippen LogP contribution in [0.15, 0.2) is 212 Å². The van der Waals surface area contributed by atoms with Crippen LogP contribution >= 0.6 is 0 Å². The minimum absolute atomic E-state index is 0.0347. The van der Waals surface area contributed by atoms with Crippen LogP contribution in [-0.2, 0) is 34.9 Å². The number of nitrogens with zero attached hydrogens (tertiary/aromatic N) is 1. The van der Waals surface area contributed by atoms with Gasteiger partial charge in [-0.2, -0.15) is 0 Å². The van der Waals surface area contributed by atoms with Crippen molar-refractivity contribution in [2.75, 3.05) is 11.4 Å². The van der Waals surface area contributed by atoms with Crippen LogP contribution in [0.4, 0.5) is 5.69 Å². The molecule has 0 saturated carbocycles. The lowest BCUT2D eigenvalue weighted by Crippen LogP contribution is -2.34. The molecule has 8 rings (SSSR count). The van der Waals surface area contributed by atoms with Gasteiger partial charge >= 0.3 is 5.97 Å². The quantitative estimate of drug-likeness (QED) is 0.112. The normalized spacial score (nSPS) is 16.1. The maximum atomic E-state index is 12.0. The van der Waals surface area contributed by atoms with Crippen LogP contribution in [0.25, 0.3) is 21.5 Å². The molecule has 0 fully saturated rings. The molecule has 1 heterocycles. The van der Waals surface area contributed by atoms with Crippen LogP contribution in [0.1, 0.15) is 46.7 Å². The number of carboxylic acids is 1. The van der Waals surface area contributed by atoms with Crippen LogP contribution in [0.5, 0.6) is 0 Å². The number of fused-ring (bicyclic) bond motifs is 4. The molecule has 3 heteroatoms. The fourth-order valence-electron chi connectivity index (χ4n) is 9.60. The van der Waals surface area contributed by atoms with E-state index < -0.39 is 16.8 Å². The van der Waals surface area contributed by atoms with Gasteiger partial charge in [-0.3, -0.25) is 4.79 Å². The van der Waals surface area contributed by atoms with Crippen molar-refractivity contribution in [3.8, 4) is 0 Å². The van der Waals surface area contributed by atoms with Gasteiger partial charge in [-0.25, -0.2) is 0 Å². The first-order valence-electron chi connectivity index (χ1n) is 20.6. The number of hydrogen-bond acceptors (Lipinski definition) is 2. The maximum Gasteiger partial charge on any atom is 0.305 e. The van der Waals surface area contributed by atoms with Gasteiger partial charge in [0.2, 0.25) is 0 Å². The maximum absolute atomic E-state index is 12.0. The Morgan fingerprint density at radius 3 is 1.83 bits per heavy atom. The molecule has 0 amide bonds. The summed E-state index contributed by atoms with van der Waals surface area (Å²) in [5, 5.41) is 14.7. The minimum Gasteiger partial charge on any atom is -0.481 e. The predicted molar refractivity (Wildman–Crippen MR) is 247 cm³/mol. The Balaban J connectivity index is 1.23. The number of carboxylic acid groups (broad SMARTS) is 1. The number of hydrogen-bond donors (Lipinski definition) is 1. The van der Waals surface area contributed by atoms with Gasteiger partial charge in [0, 0.05) is 28.8 Å². The molecule has 59 heavy (non-hydrogen) atoms. The molecule has 0 aliphatic carbocycles. The van der Waals surface area contributed by atoms with Crippen molar-refractivity contribution >= 4 is 33.2 Å². The zero-order valence-corrected chi connectivity index (χ0v) is 34.0. The molecular weight excluding hydrogens is 719 g/mol. The molecule has 0 aromatic heterocycles. The van der Waals surface area contributed by atoms with Crippen LogP contribution in [0.3, 0.4) is 0 Å². The highest BCUT2D eigenvalue weighted by Crippen LogP contribution is 2.52. The molecule has 1 aliphatic heterocycles. The smallest absolute Gasteiger partial charge is 0.305 e. The van der Waals surface area contributed by atoms with E-state index in [-0.39, 0.29) is 6.42 Å². The van der Waals surface area contributed by atoms with Crippen molar-refractivity contribution in [2.45, 2.75) is 50.4 Å². The van der Waals surface area contributed by atoms with Gasteiger partial charge in [0.25, 0.3) is 0 Å². The van der Waals surface area contributed by atoms with E-state index in [1.165, 1.54) is 54.9 Å². The van der Waals surface area contributed by atoms with Crippen molar-refractivity contribution in [1.29, 1.82) is 0 Å². The van der Waals surface area contributed by atoms with E-state index in [2.05, 4.69) is 213 Å². The van der Waals surface area contributed by atoms with Gasteiger partial charge in [-0.1, -0.05) is 189 Å². The lowest BCUT2D eigenvalue weighted by Gasteiger charge is -2.38. The average molecular weight is 770 g/mol. The SMILES string of the molecule is C=C(/C=C/C=C/C=C1/N(CCC(=O)O)c2ccc3ccccc3c2C1(C)Cc1ccccc1)C(Cc1ccccc1)(Cc1ccccc1)c1c(C)ccc2ccccc12. The summed E-state index contributed by atoms with van der Waals surface area (Å²) in [7, 11) is 0. The van der Waals surface area contributed by atoms with Gasteiger partial charge < -0.3 is 10.0 Å². The van der Waals surface area contributed by atoms with Gasteiger partial charge in [0.15, 0.2) is 0 Å². The highest BCUT2D eigenvalue weighted by molar-refractivity contribution is 5.95. The van der Waals surface area contributed by atoms with Crippen molar-refractivity contribution < 1.29 is 9.90 Å². The van der Waals surface area contributed by atoms with E-state index >= 15 is 0 Å². The molecule has 1 aliphatic rings. The van der Waals surface area contributed by atoms with Gasteiger partial charge in [0.05, 0.1) is 6.42 Å². The summed E-state index contributed by atoms with van der Waals surface area (Å²) in [5.74, 6) is -0.809. The third kappa shape index (κ3) is 7.94. The summed E-state index contributed by atoms with van der Waals surface area (Å²) in [4.78, 5) is 14.3. The first-order valence-corrected chi connectivity index (χ1v) is 20.6. The Kier molecular flexibility index (Phi) is 11.3. The van der Waals surface area contributed by atoms with Crippen LogP contribution < -0.4 is 4.90 Å². The highest BCUT2D eigenvalue weighted by Gasteiger charge is 2.44. The Morgan fingerprint density at radius 2 is 1.20 bits per heavy atom. The molecule has 0 radical (unpaired) electrons. The van der Waals surface area contributed by atoms with Crippen molar-refractivity contribution in [2.24, 2.45) is 0 Å². The number of anilines is 1. The largest absolute Gasteiger partial charge is 0.481 e. The van der Waals surface area contributed by atoms with Crippen molar-refractivity contribution in [1.82, 2.24) is 0 Å². The van der Waals surface area contributed by atoms with Crippen LogP contribution in [-0.4, -0.2) is 17.6 Å². The molecule has 1 N–H and O–H groups in total. The van der Waals surface area contributed by atoms with Crippen LogP contribution in [0.2, 0.25) is 0 Å². The molecule has 292 valence electrons. The summed E-state index contributed by atoms with van der Waals surface area (Å²) in [6, 6.07) is 58.3. The number of allylic oxidation sites excluding steroid dienone is 7. The Labute approximate surface area is 349 Å². The molecular formula is C56H51NO2. The van der Waals surface area contributed by atoms with Gasteiger partial charge in [0.1, 0.15) is 0 Å². The van der Waals surface area contributed by atoms with E-state index in [1.807, 2.05) is 0 Å². The standard InChI is InChI=1S/C56H51NO2/c1-41-32-33-46-27-16-18-29-48(46)53(41)56(39-44-23-11-6-12-24-44,40-45-25-13-7-14-26-45)42(2)20-8-4-15-31-51-55(3,38-43-21-9-5-10-22-43)54-49-30-19-17-28-47(49)34-35-50(54)57(51)37-36-52(58)59/h4-35H,2,36-40H2,1,3H3,(H,58,59)/b15-4+,20-8+,51-31+. The van der Waals surface area contributed by atoms with E-state index in [0.29, 0.717) is 6.54 Å². The predicted octanol–water partition coefficient (Wildman–Crippen LogP) is 13.1. The zero-order chi connectivity index (χ0) is 40.8.